The largest absolute Gasteiger partial charge is 0.493 e. The first-order valence-corrected chi connectivity index (χ1v) is 5.90. The zero-order valence-corrected chi connectivity index (χ0v) is 11.2. The van der Waals surface area contributed by atoms with Crippen molar-refractivity contribution in [2.75, 3.05) is 0 Å². The van der Waals surface area contributed by atoms with Crippen LogP contribution in [0.15, 0.2) is 18.2 Å². The molecule has 0 saturated heterocycles. The van der Waals surface area contributed by atoms with Crippen LogP contribution in [0.1, 0.15) is 21.6 Å². The van der Waals surface area contributed by atoms with E-state index in [4.69, 9.17) is 23.2 Å². The minimum Gasteiger partial charge on any atom is -0.493 e. The van der Waals surface area contributed by atoms with E-state index in [2.05, 4.69) is 5.10 Å². The summed E-state index contributed by atoms with van der Waals surface area (Å²) >= 11 is 11.9. The first kappa shape index (κ1) is 12.9. The second-order valence-electron chi connectivity index (χ2n) is 3.83. The van der Waals surface area contributed by atoms with Gasteiger partial charge in [0, 0.05) is 7.05 Å². The standard InChI is InChI=1S/C12H10Cl2N2O2/c1-6-9(12(18)16(2)15-6)11(17)10-7(13)4-3-5-8(10)14/h3-5,18H,1-2H3. The topological polar surface area (TPSA) is 55.1 Å². The molecule has 94 valence electrons. The first-order valence-electron chi connectivity index (χ1n) is 5.14. The van der Waals surface area contributed by atoms with Gasteiger partial charge in [0.25, 0.3) is 0 Å². The summed E-state index contributed by atoms with van der Waals surface area (Å²) in [5.74, 6) is -0.637. The van der Waals surface area contributed by atoms with Crippen LogP contribution in [0.5, 0.6) is 5.88 Å². The number of nitrogens with zero attached hydrogens (tertiary/aromatic N) is 2. The Kier molecular flexibility index (Phi) is 3.32. The predicted molar refractivity (Wildman–Crippen MR) is 69.5 cm³/mol. The van der Waals surface area contributed by atoms with Crippen molar-refractivity contribution in [2.24, 2.45) is 7.05 Å². The molecule has 2 aromatic rings. The van der Waals surface area contributed by atoms with Gasteiger partial charge in [0.15, 0.2) is 0 Å². The van der Waals surface area contributed by atoms with Gasteiger partial charge in [-0.1, -0.05) is 29.3 Å². The van der Waals surface area contributed by atoms with E-state index in [0.29, 0.717) is 5.69 Å². The molecule has 0 bridgehead atoms. The molecular weight excluding hydrogens is 275 g/mol. The third-order valence-corrected chi connectivity index (χ3v) is 3.24. The summed E-state index contributed by atoms with van der Waals surface area (Å²) in [6.45, 7) is 1.64. The molecule has 0 saturated carbocycles. The van der Waals surface area contributed by atoms with Gasteiger partial charge in [0.1, 0.15) is 5.56 Å². The Bertz CT molecular complexity index is 615. The summed E-state index contributed by atoms with van der Waals surface area (Å²) in [4.78, 5) is 12.4. The number of carbonyl (C=O) groups excluding carboxylic acids is 1. The van der Waals surface area contributed by atoms with E-state index in [1.807, 2.05) is 0 Å². The Morgan fingerprint density at radius 2 is 1.83 bits per heavy atom. The molecule has 2 rings (SSSR count). The molecule has 0 aliphatic rings. The molecule has 4 nitrogen and oxygen atoms in total. The van der Waals surface area contributed by atoms with Crippen molar-refractivity contribution >= 4 is 29.0 Å². The summed E-state index contributed by atoms with van der Waals surface area (Å²) in [6.07, 6.45) is 0. The van der Waals surface area contributed by atoms with E-state index in [9.17, 15) is 9.90 Å². The SMILES string of the molecule is Cc1nn(C)c(O)c1C(=O)c1c(Cl)cccc1Cl. The van der Waals surface area contributed by atoms with Crippen LogP contribution in [0, 0.1) is 6.92 Å². The third kappa shape index (κ3) is 1.98. The lowest BCUT2D eigenvalue weighted by Gasteiger charge is -2.05. The lowest BCUT2D eigenvalue weighted by Crippen LogP contribution is -2.04. The quantitative estimate of drug-likeness (QED) is 0.863. The van der Waals surface area contributed by atoms with Gasteiger partial charge in [-0.25, -0.2) is 4.68 Å². The van der Waals surface area contributed by atoms with Crippen LogP contribution in [0.2, 0.25) is 10.0 Å². The highest BCUT2D eigenvalue weighted by Gasteiger charge is 2.24. The van der Waals surface area contributed by atoms with Crippen molar-refractivity contribution in [1.82, 2.24) is 9.78 Å². The molecule has 18 heavy (non-hydrogen) atoms. The fourth-order valence-electron chi connectivity index (χ4n) is 1.75. The third-order valence-electron chi connectivity index (χ3n) is 2.61. The van der Waals surface area contributed by atoms with Gasteiger partial charge in [0.05, 0.1) is 21.3 Å². The Morgan fingerprint density at radius 3 is 2.28 bits per heavy atom. The maximum absolute atomic E-state index is 12.4. The number of carbonyl (C=O) groups is 1. The fourth-order valence-corrected chi connectivity index (χ4v) is 2.32. The minimum atomic E-state index is -0.436. The summed E-state index contributed by atoms with van der Waals surface area (Å²) in [6, 6.07) is 4.80. The monoisotopic (exact) mass is 284 g/mol. The Hall–Kier alpha value is -1.52. The molecule has 1 heterocycles. The highest BCUT2D eigenvalue weighted by Crippen LogP contribution is 2.30. The Morgan fingerprint density at radius 1 is 1.28 bits per heavy atom. The van der Waals surface area contributed by atoms with Crippen molar-refractivity contribution in [2.45, 2.75) is 6.92 Å². The molecule has 0 unspecified atom stereocenters. The molecule has 0 atom stereocenters. The molecule has 0 fully saturated rings. The molecular formula is C12H10Cl2N2O2. The summed E-state index contributed by atoms with van der Waals surface area (Å²) in [7, 11) is 1.55. The van der Waals surface area contributed by atoms with Crippen molar-refractivity contribution in [1.29, 1.82) is 0 Å². The molecule has 0 amide bonds. The van der Waals surface area contributed by atoms with Crippen LogP contribution in [0.25, 0.3) is 0 Å². The van der Waals surface area contributed by atoms with E-state index in [1.54, 1.807) is 32.2 Å². The predicted octanol–water partition coefficient (Wildman–Crippen LogP) is 2.97. The zero-order chi connectivity index (χ0) is 13.4. The number of ketones is 1. The van der Waals surface area contributed by atoms with Crippen molar-refractivity contribution in [3.8, 4) is 5.88 Å². The van der Waals surface area contributed by atoms with Crippen molar-refractivity contribution in [3.63, 3.8) is 0 Å². The summed E-state index contributed by atoms with van der Waals surface area (Å²) in [5, 5.41) is 14.3. The van der Waals surface area contributed by atoms with Gasteiger partial charge in [0.2, 0.25) is 11.7 Å². The maximum Gasteiger partial charge on any atom is 0.220 e. The molecule has 1 aromatic carbocycles. The van der Waals surface area contributed by atoms with E-state index >= 15 is 0 Å². The summed E-state index contributed by atoms with van der Waals surface area (Å²) in [5.41, 5.74) is 0.718. The van der Waals surface area contributed by atoms with E-state index in [0.717, 1.165) is 0 Å². The number of aromatic hydroxyl groups is 1. The highest BCUT2D eigenvalue weighted by atomic mass is 35.5. The molecule has 0 aliphatic heterocycles. The molecule has 0 aliphatic carbocycles. The van der Waals surface area contributed by atoms with Gasteiger partial charge in [-0.2, -0.15) is 5.10 Å². The van der Waals surface area contributed by atoms with E-state index in [1.165, 1.54) is 4.68 Å². The van der Waals surface area contributed by atoms with Crippen LogP contribution in [0.3, 0.4) is 0 Å². The molecule has 1 aromatic heterocycles. The van der Waals surface area contributed by atoms with Gasteiger partial charge in [-0.05, 0) is 19.1 Å². The van der Waals surface area contributed by atoms with Gasteiger partial charge < -0.3 is 5.11 Å². The first-order chi connectivity index (χ1) is 8.43. The van der Waals surface area contributed by atoms with Crippen LogP contribution < -0.4 is 0 Å². The molecule has 0 spiro atoms. The second-order valence-corrected chi connectivity index (χ2v) is 4.65. The zero-order valence-electron chi connectivity index (χ0n) is 9.74. The number of halogens is 2. The van der Waals surface area contributed by atoms with Crippen LogP contribution in [-0.2, 0) is 7.05 Å². The summed E-state index contributed by atoms with van der Waals surface area (Å²) < 4.78 is 1.23. The lowest BCUT2D eigenvalue weighted by molar-refractivity contribution is 0.103. The molecule has 0 radical (unpaired) electrons. The number of rotatable bonds is 2. The van der Waals surface area contributed by atoms with Crippen LogP contribution >= 0.6 is 23.2 Å². The number of hydrogen-bond donors (Lipinski definition) is 1. The number of aromatic nitrogens is 2. The van der Waals surface area contributed by atoms with Crippen molar-refractivity contribution < 1.29 is 9.90 Å². The van der Waals surface area contributed by atoms with Crippen LogP contribution in [-0.4, -0.2) is 20.7 Å². The number of aryl methyl sites for hydroxylation is 2. The second kappa shape index (κ2) is 4.63. The molecule has 1 N–H and O–H groups in total. The van der Waals surface area contributed by atoms with Gasteiger partial charge >= 0.3 is 0 Å². The van der Waals surface area contributed by atoms with Crippen molar-refractivity contribution in [3.05, 3.63) is 45.1 Å². The lowest BCUT2D eigenvalue weighted by atomic mass is 10.0. The number of benzene rings is 1. The Balaban J connectivity index is 2.62. The van der Waals surface area contributed by atoms with E-state index in [-0.39, 0.29) is 27.1 Å². The fraction of sp³-hybridized carbons (Fsp3) is 0.167. The minimum absolute atomic E-state index is 0.118. The Labute approximate surface area is 114 Å². The smallest absolute Gasteiger partial charge is 0.220 e. The normalized spacial score (nSPS) is 10.7. The molecule has 6 heteroatoms. The van der Waals surface area contributed by atoms with E-state index < -0.39 is 5.78 Å². The average molecular weight is 285 g/mol. The van der Waals surface area contributed by atoms with Crippen LogP contribution in [0.4, 0.5) is 0 Å². The maximum atomic E-state index is 12.4. The highest BCUT2D eigenvalue weighted by molar-refractivity contribution is 6.41. The van der Waals surface area contributed by atoms with Gasteiger partial charge in [-0.15, -0.1) is 0 Å². The number of hydrogen-bond acceptors (Lipinski definition) is 3. The van der Waals surface area contributed by atoms with Gasteiger partial charge in [-0.3, -0.25) is 4.79 Å². The average Bonchev–Trinajstić information content (AvgIpc) is 2.52.